The molecule has 0 saturated carbocycles. The number of carbonyl (C=O) groups excluding carboxylic acids is 2. The van der Waals surface area contributed by atoms with Crippen LogP contribution < -0.4 is 0 Å². The van der Waals surface area contributed by atoms with Gasteiger partial charge in [-0.25, -0.2) is 0 Å². The first kappa shape index (κ1) is 56.1. The zero-order valence-corrected chi connectivity index (χ0v) is 38.1. The maximum atomic E-state index is 12.8. The molecule has 0 amide bonds. The smallest absolute Gasteiger partial charge is 0.306 e. The molecule has 2 unspecified atom stereocenters. The molecule has 0 aliphatic carbocycles. The molecule has 1 rings (SSSR count). The van der Waals surface area contributed by atoms with Gasteiger partial charge in [0.2, 0.25) is 0 Å². The van der Waals surface area contributed by atoms with Crippen molar-refractivity contribution < 1.29 is 56.8 Å². The van der Waals surface area contributed by atoms with Gasteiger partial charge >= 0.3 is 11.9 Å². The van der Waals surface area contributed by atoms with Crippen LogP contribution in [0.5, 0.6) is 0 Å². The van der Waals surface area contributed by atoms with Crippen LogP contribution in [-0.4, -0.2) is 96.0 Å². The summed E-state index contributed by atoms with van der Waals surface area (Å²) in [5.74, 6) is -2.05. The number of unbranched alkanes of at least 4 members (excludes halogenated alkanes) is 13. The lowest BCUT2D eigenvalue weighted by atomic mass is 10.00. The maximum Gasteiger partial charge on any atom is 0.306 e. The Kier molecular flexibility index (Phi) is 34.6. The van der Waals surface area contributed by atoms with Crippen LogP contribution in [0.25, 0.3) is 0 Å². The summed E-state index contributed by atoms with van der Waals surface area (Å²) < 4.78 is 54.0. The third-order valence-corrected chi connectivity index (χ3v) is 10.8. The summed E-state index contributed by atoms with van der Waals surface area (Å²) >= 11 is 0. The summed E-state index contributed by atoms with van der Waals surface area (Å²) in [6.45, 7) is 3.59. The van der Waals surface area contributed by atoms with E-state index in [4.69, 9.17) is 18.9 Å². The van der Waals surface area contributed by atoms with Crippen LogP contribution >= 0.6 is 0 Å². The van der Waals surface area contributed by atoms with E-state index >= 15 is 0 Å². The fourth-order valence-electron chi connectivity index (χ4n) is 6.46. The van der Waals surface area contributed by atoms with Crippen molar-refractivity contribution in [3.05, 3.63) is 72.9 Å². The van der Waals surface area contributed by atoms with Gasteiger partial charge in [-0.15, -0.1) is 0 Å². The minimum atomic E-state index is -4.61. The normalized spacial score (nSPS) is 20.7. The highest BCUT2D eigenvalue weighted by atomic mass is 32.2. The molecule has 12 nitrogen and oxygen atoms in total. The monoisotopic (exact) mass is 881 g/mol. The lowest BCUT2D eigenvalue weighted by molar-refractivity contribution is -0.297. The Morgan fingerprint density at radius 1 is 0.574 bits per heavy atom. The molecule has 0 bridgehead atoms. The Hall–Kier alpha value is -2.91. The molecule has 4 N–H and O–H groups in total. The molecule has 1 aliphatic rings. The average molecular weight is 881 g/mol. The minimum absolute atomic E-state index is 0.143. The molecule has 1 saturated heterocycles. The molecular weight excluding hydrogens is 801 g/mol. The largest absolute Gasteiger partial charge is 0.462 e. The van der Waals surface area contributed by atoms with Gasteiger partial charge < -0.3 is 34.3 Å². The Bertz CT molecular complexity index is 1400. The number of allylic oxidation sites excluding steroid dienone is 12. The van der Waals surface area contributed by atoms with Gasteiger partial charge in [0, 0.05) is 12.8 Å². The second-order valence-electron chi connectivity index (χ2n) is 15.7. The first-order valence-corrected chi connectivity index (χ1v) is 24.6. The van der Waals surface area contributed by atoms with E-state index in [0.29, 0.717) is 12.8 Å². The van der Waals surface area contributed by atoms with Gasteiger partial charge in [0.05, 0.1) is 6.61 Å². The zero-order valence-electron chi connectivity index (χ0n) is 37.2. The van der Waals surface area contributed by atoms with E-state index < -0.39 is 71.2 Å². The predicted molar refractivity (Wildman–Crippen MR) is 242 cm³/mol. The second-order valence-corrected chi connectivity index (χ2v) is 17.2. The SMILES string of the molecule is CC/C=C/C/C=C/C/C=C/C/C=C/C/C=C/CCCCCC(=O)OC[C@H](CO[C@H]1O[C@H](CS(=O)(=O)O)[C@@H](O)C(O)C1O)OC(=O)CCCCCCC/C=C/CCCCCCC. The third kappa shape index (κ3) is 32.4. The standard InChI is InChI=1S/C48H80O12S/c1-3-5-7-9-11-13-15-17-19-20-21-22-23-25-26-28-30-32-34-36-43(49)57-38-41(39-58-48-47(53)46(52)45(51)42(60-48)40-61(54,55)56)59-44(50)37-35-33-31-29-27-24-18-16-14-12-10-8-6-4-2/h5,7,11,13,16-19,21-22,25-26,41-42,45-48,51-53H,3-4,6,8-10,12,14-15,20,23-24,27-40H2,1-2H3,(H,54,55,56)/b7-5+,13-11+,18-16+,19-17+,22-21+,26-25+/t41-,42-,45-,46?,47?,48+/m1/s1. The summed E-state index contributed by atoms with van der Waals surface area (Å²) in [4.78, 5) is 25.4. The summed E-state index contributed by atoms with van der Waals surface area (Å²) in [5.41, 5.74) is 0. The van der Waals surface area contributed by atoms with Crippen molar-refractivity contribution in [3.63, 3.8) is 0 Å². The topological polar surface area (TPSA) is 186 Å². The number of carbonyl (C=O) groups is 2. The van der Waals surface area contributed by atoms with Crippen LogP contribution in [0, 0.1) is 0 Å². The molecule has 0 aromatic carbocycles. The van der Waals surface area contributed by atoms with Crippen LogP contribution in [-0.2, 0) is 38.7 Å². The van der Waals surface area contributed by atoms with Crippen LogP contribution in [0.15, 0.2) is 72.9 Å². The molecular formula is C48H80O12S. The lowest BCUT2D eigenvalue weighted by Gasteiger charge is -2.40. The van der Waals surface area contributed by atoms with Gasteiger partial charge in [-0.2, -0.15) is 8.42 Å². The molecule has 6 atom stereocenters. The van der Waals surface area contributed by atoms with Crippen molar-refractivity contribution in [2.75, 3.05) is 19.0 Å². The number of aliphatic hydroxyl groups is 3. The van der Waals surface area contributed by atoms with Crippen LogP contribution in [0.2, 0.25) is 0 Å². The third-order valence-electron chi connectivity index (χ3n) is 10.0. The van der Waals surface area contributed by atoms with E-state index in [1.54, 1.807) is 0 Å². The van der Waals surface area contributed by atoms with Crippen molar-refractivity contribution in [1.29, 1.82) is 0 Å². The van der Waals surface area contributed by atoms with E-state index in [9.17, 15) is 37.9 Å². The fraction of sp³-hybridized carbons (Fsp3) is 0.708. The van der Waals surface area contributed by atoms with Crippen LogP contribution in [0.3, 0.4) is 0 Å². The predicted octanol–water partition coefficient (Wildman–Crippen LogP) is 9.50. The second kappa shape index (κ2) is 37.6. The van der Waals surface area contributed by atoms with Crippen LogP contribution in [0.4, 0.5) is 0 Å². The van der Waals surface area contributed by atoms with Gasteiger partial charge in [0.25, 0.3) is 10.1 Å². The summed E-state index contributed by atoms with van der Waals surface area (Å²) in [5, 5.41) is 30.9. The highest BCUT2D eigenvalue weighted by molar-refractivity contribution is 7.85. The van der Waals surface area contributed by atoms with Crippen molar-refractivity contribution >= 4 is 22.1 Å². The number of hydrogen-bond acceptors (Lipinski definition) is 11. The molecule has 1 fully saturated rings. The average Bonchev–Trinajstić information content (AvgIpc) is 3.22. The van der Waals surface area contributed by atoms with Crippen molar-refractivity contribution in [1.82, 2.24) is 0 Å². The highest BCUT2D eigenvalue weighted by Crippen LogP contribution is 2.24. The van der Waals surface area contributed by atoms with Gasteiger partial charge in [-0.05, 0) is 83.5 Å². The van der Waals surface area contributed by atoms with Gasteiger partial charge in [-0.1, -0.05) is 138 Å². The Labute approximate surface area is 368 Å². The lowest BCUT2D eigenvalue weighted by Crippen LogP contribution is -2.60. The molecule has 1 aliphatic heterocycles. The first-order valence-electron chi connectivity index (χ1n) is 23.0. The summed E-state index contributed by atoms with van der Waals surface area (Å²) in [6.07, 6.45) is 38.0. The molecule has 1 heterocycles. The highest BCUT2D eigenvalue weighted by Gasteiger charge is 2.46. The zero-order chi connectivity index (χ0) is 44.8. The fourth-order valence-corrected chi connectivity index (χ4v) is 7.15. The van der Waals surface area contributed by atoms with E-state index in [2.05, 4.69) is 86.8 Å². The minimum Gasteiger partial charge on any atom is -0.462 e. The number of hydrogen-bond donors (Lipinski definition) is 4. The molecule has 0 radical (unpaired) electrons. The summed E-state index contributed by atoms with van der Waals surface area (Å²) in [6, 6.07) is 0. The van der Waals surface area contributed by atoms with Gasteiger partial charge in [0.15, 0.2) is 12.4 Å². The Morgan fingerprint density at radius 2 is 1.03 bits per heavy atom. The molecule has 0 aromatic rings. The van der Waals surface area contributed by atoms with Crippen molar-refractivity contribution in [2.45, 2.75) is 198 Å². The molecule has 0 aromatic heterocycles. The molecule has 350 valence electrons. The van der Waals surface area contributed by atoms with E-state index in [1.807, 2.05) is 0 Å². The molecule has 13 heteroatoms. The molecule has 0 spiro atoms. The quantitative estimate of drug-likeness (QED) is 0.0201. The number of ether oxygens (including phenoxy) is 4. The Morgan fingerprint density at radius 3 is 1.57 bits per heavy atom. The molecule has 61 heavy (non-hydrogen) atoms. The van der Waals surface area contributed by atoms with E-state index in [0.717, 1.165) is 89.9 Å². The van der Waals surface area contributed by atoms with Crippen molar-refractivity contribution in [3.8, 4) is 0 Å². The first-order chi connectivity index (χ1) is 29.5. The van der Waals surface area contributed by atoms with Crippen molar-refractivity contribution in [2.24, 2.45) is 0 Å². The Balaban J connectivity index is 2.47. The number of rotatable bonds is 37. The van der Waals surface area contributed by atoms with Gasteiger partial charge in [-0.3, -0.25) is 14.1 Å². The van der Waals surface area contributed by atoms with Gasteiger partial charge in [0.1, 0.15) is 36.8 Å². The number of aliphatic hydroxyl groups excluding tert-OH is 3. The van der Waals surface area contributed by atoms with E-state index in [-0.39, 0.29) is 19.4 Å². The summed E-state index contributed by atoms with van der Waals surface area (Å²) in [7, 11) is -4.61. The number of esters is 2. The van der Waals surface area contributed by atoms with Crippen LogP contribution in [0.1, 0.15) is 162 Å². The van der Waals surface area contributed by atoms with E-state index in [1.165, 1.54) is 32.1 Å². The maximum absolute atomic E-state index is 12.8.